The van der Waals surface area contributed by atoms with Gasteiger partial charge in [-0.3, -0.25) is 4.79 Å². The maximum absolute atomic E-state index is 12.9. The van der Waals surface area contributed by atoms with Gasteiger partial charge >= 0.3 is 0 Å². The van der Waals surface area contributed by atoms with Crippen LogP contribution in [0.15, 0.2) is 42.6 Å². The van der Waals surface area contributed by atoms with Crippen LogP contribution in [0, 0.1) is 5.82 Å². The van der Waals surface area contributed by atoms with Crippen LogP contribution in [0.2, 0.25) is 0 Å². The van der Waals surface area contributed by atoms with Crippen LogP contribution >= 0.6 is 24.8 Å². The van der Waals surface area contributed by atoms with Crippen molar-refractivity contribution in [3.8, 4) is 11.6 Å². The van der Waals surface area contributed by atoms with E-state index in [1.807, 2.05) is 0 Å². The van der Waals surface area contributed by atoms with Gasteiger partial charge in [-0.1, -0.05) is 0 Å². The first-order valence-electron chi connectivity index (χ1n) is 8.06. The van der Waals surface area contributed by atoms with Crippen molar-refractivity contribution in [1.29, 1.82) is 0 Å². The lowest BCUT2D eigenvalue weighted by Crippen LogP contribution is -2.40. The molecule has 1 aromatic carbocycles. The monoisotopic (exact) mass is 417 g/mol. The normalized spacial score (nSPS) is 18.1. The Morgan fingerprint density at radius 2 is 2.04 bits per heavy atom. The summed E-state index contributed by atoms with van der Waals surface area (Å²) in [5, 5.41) is 6.03. The van der Waals surface area contributed by atoms with E-state index in [9.17, 15) is 9.18 Å². The standard InChI is InChI=1S/C18H20FN3O3.2ClH/c1-24-15-9-16(21-11-15)18(23)22-10-12-6-7-20-17(8-12)25-14-4-2-13(19)3-5-14;;/h2-8,15-16,21H,9-11H2,1H3,(H,22,23);2*1H/t15-,16-;;/m0../s1. The molecule has 1 aromatic heterocycles. The second-order valence-electron chi connectivity index (χ2n) is 5.83. The maximum atomic E-state index is 12.9. The molecule has 1 aliphatic rings. The van der Waals surface area contributed by atoms with Gasteiger partial charge in [0.2, 0.25) is 11.8 Å². The number of methoxy groups -OCH3 is 1. The highest BCUT2D eigenvalue weighted by atomic mass is 35.5. The van der Waals surface area contributed by atoms with E-state index in [4.69, 9.17) is 9.47 Å². The van der Waals surface area contributed by atoms with E-state index in [0.717, 1.165) is 5.56 Å². The van der Waals surface area contributed by atoms with Gasteiger partial charge in [0.25, 0.3) is 0 Å². The fraction of sp³-hybridized carbons (Fsp3) is 0.333. The van der Waals surface area contributed by atoms with Crippen LogP contribution < -0.4 is 15.4 Å². The second kappa shape index (κ2) is 11.0. The van der Waals surface area contributed by atoms with Crippen molar-refractivity contribution in [2.24, 2.45) is 0 Å². The zero-order valence-electron chi connectivity index (χ0n) is 14.7. The Bertz CT molecular complexity index is 734. The summed E-state index contributed by atoms with van der Waals surface area (Å²) < 4.78 is 23.7. The number of benzene rings is 1. The molecule has 0 spiro atoms. The van der Waals surface area contributed by atoms with Gasteiger partial charge in [0.15, 0.2) is 0 Å². The van der Waals surface area contributed by atoms with E-state index >= 15 is 0 Å². The third-order valence-electron chi connectivity index (χ3n) is 4.04. The van der Waals surface area contributed by atoms with E-state index < -0.39 is 0 Å². The van der Waals surface area contributed by atoms with E-state index in [0.29, 0.717) is 31.1 Å². The summed E-state index contributed by atoms with van der Waals surface area (Å²) in [7, 11) is 1.65. The molecule has 6 nitrogen and oxygen atoms in total. The second-order valence-corrected chi connectivity index (χ2v) is 5.83. The summed E-state index contributed by atoms with van der Waals surface area (Å²) in [4.78, 5) is 16.3. The third kappa shape index (κ3) is 6.62. The van der Waals surface area contributed by atoms with Gasteiger partial charge in [0, 0.05) is 32.5 Å². The Labute approximate surface area is 169 Å². The fourth-order valence-electron chi connectivity index (χ4n) is 2.63. The largest absolute Gasteiger partial charge is 0.439 e. The predicted octanol–water partition coefficient (Wildman–Crippen LogP) is 2.85. The minimum atomic E-state index is -0.326. The molecule has 0 unspecified atom stereocenters. The van der Waals surface area contributed by atoms with Gasteiger partial charge in [-0.15, -0.1) is 24.8 Å². The lowest BCUT2D eigenvalue weighted by Gasteiger charge is -2.12. The van der Waals surface area contributed by atoms with Crippen LogP contribution in [-0.4, -0.2) is 36.7 Å². The van der Waals surface area contributed by atoms with E-state index in [1.165, 1.54) is 24.3 Å². The summed E-state index contributed by atoms with van der Waals surface area (Å²) in [6.45, 7) is 1.05. The van der Waals surface area contributed by atoms with Crippen molar-refractivity contribution in [2.45, 2.75) is 25.1 Å². The Morgan fingerprint density at radius 1 is 1.30 bits per heavy atom. The molecular formula is C18H22Cl2FN3O3. The quantitative estimate of drug-likeness (QED) is 0.755. The number of rotatable bonds is 6. The first-order chi connectivity index (χ1) is 12.1. The van der Waals surface area contributed by atoms with Crippen molar-refractivity contribution >= 4 is 30.7 Å². The number of pyridine rings is 1. The van der Waals surface area contributed by atoms with Gasteiger partial charge in [0.05, 0.1) is 12.1 Å². The number of hydrogen-bond donors (Lipinski definition) is 2. The van der Waals surface area contributed by atoms with Crippen LogP contribution in [0.4, 0.5) is 4.39 Å². The first-order valence-corrected chi connectivity index (χ1v) is 8.06. The molecule has 2 N–H and O–H groups in total. The number of ether oxygens (including phenoxy) is 2. The lowest BCUT2D eigenvalue weighted by atomic mass is 10.2. The van der Waals surface area contributed by atoms with Gasteiger partial charge in [-0.25, -0.2) is 9.37 Å². The van der Waals surface area contributed by atoms with Crippen molar-refractivity contribution in [3.63, 3.8) is 0 Å². The number of aromatic nitrogens is 1. The van der Waals surface area contributed by atoms with Crippen LogP contribution in [0.1, 0.15) is 12.0 Å². The minimum Gasteiger partial charge on any atom is -0.439 e. The smallest absolute Gasteiger partial charge is 0.237 e. The molecule has 0 bridgehead atoms. The summed E-state index contributed by atoms with van der Waals surface area (Å²) in [6.07, 6.45) is 2.35. The van der Waals surface area contributed by atoms with E-state index in [1.54, 1.807) is 25.4 Å². The average Bonchev–Trinajstić information content (AvgIpc) is 3.11. The molecule has 1 fully saturated rings. The molecule has 1 saturated heterocycles. The topological polar surface area (TPSA) is 72.5 Å². The number of halogens is 3. The van der Waals surface area contributed by atoms with Crippen molar-refractivity contribution in [2.75, 3.05) is 13.7 Å². The highest BCUT2D eigenvalue weighted by Gasteiger charge is 2.28. The molecule has 1 amide bonds. The Hall–Kier alpha value is -1.93. The molecule has 0 radical (unpaired) electrons. The number of nitrogens with zero attached hydrogens (tertiary/aromatic N) is 1. The van der Waals surface area contributed by atoms with Crippen molar-refractivity contribution in [1.82, 2.24) is 15.6 Å². The van der Waals surface area contributed by atoms with Crippen LogP contribution in [0.25, 0.3) is 0 Å². The van der Waals surface area contributed by atoms with Crippen molar-refractivity contribution < 1.29 is 18.7 Å². The zero-order chi connectivity index (χ0) is 17.6. The van der Waals surface area contributed by atoms with Gasteiger partial charge in [-0.2, -0.15) is 0 Å². The predicted molar refractivity (Wildman–Crippen MR) is 104 cm³/mol. The van der Waals surface area contributed by atoms with Gasteiger partial charge in [0.1, 0.15) is 11.6 Å². The lowest BCUT2D eigenvalue weighted by molar-refractivity contribution is -0.123. The Balaban J connectivity index is 0.00000182. The molecule has 27 heavy (non-hydrogen) atoms. The molecule has 2 atom stereocenters. The Morgan fingerprint density at radius 3 is 2.70 bits per heavy atom. The molecule has 3 rings (SSSR count). The molecule has 0 aliphatic carbocycles. The number of nitrogens with one attached hydrogen (secondary N) is 2. The molecule has 0 saturated carbocycles. The van der Waals surface area contributed by atoms with Crippen LogP contribution in [0.3, 0.4) is 0 Å². The molecule has 148 valence electrons. The number of amides is 1. The van der Waals surface area contributed by atoms with Gasteiger partial charge in [-0.05, 0) is 42.3 Å². The molecule has 1 aliphatic heterocycles. The maximum Gasteiger partial charge on any atom is 0.237 e. The minimum absolute atomic E-state index is 0. The van der Waals surface area contributed by atoms with Crippen molar-refractivity contribution in [3.05, 3.63) is 54.0 Å². The van der Waals surface area contributed by atoms with E-state index in [-0.39, 0.29) is 48.7 Å². The average molecular weight is 418 g/mol. The molecule has 9 heteroatoms. The summed E-state index contributed by atoms with van der Waals surface area (Å²) in [5.74, 6) is 0.498. The number of carbonyl (C=O) groups excluding carboxylic acids is 1. The fourth-order valence-corrected chi connectivity index (χ4v) is 2.63. The zero-order valence-corrected chi connectivity index (χ0v) is 16.3. The van der Waals surface area contributed by atoms with Gasteiger partial charge < -0.3 is 20.1 Å². The molecule has 2 aromatic rings. The highest BCUT2D eigenvalue weighted by Crippen LogP contribution is 2.20. The number of hydrogen-bond acceptors (Lipinski definition) is 5. The Kier molecular flexibility index (Phi) is 9.45. The molecular weight excluding hydrogens is 396 g/mol. The summed E-state index contributed by atoms with van der Waals surface area (Å²) in [5.41, 5.74) is 0.863. The number of carbonyl (C=O) groups is 1. The van der Waals surface area contributed by atoms with Crippen LogP contribution in [-0.2, 0) is 16.1 Å². The van der Waals surface area contributed by atoms with E-state index in [2.05, 4.69) is 15.6 Å². The SMILES string of the molecule is CO[C@@H]1CN[C@H](C(=O)NCc2ccnc(Oc3ccc(F)cc3)c2)C1.Cl.Cl. The summed E-state index contributed by atoms with van der Waals surface area (Å²) >= 11 is 0. The first kappa shape index (κ1) is 23.1. The third-order valence-corrected chi connectivity index (χ3v) is 4.04. The van der Waals surface area contributed by atoms with Crippen LogP contribution in [0.5, 0.6) is 11.6 Å². The summed E-state index contributed by atoms with van der Waals surface area (Å²) in [6, 6.07) is 9.01. The molecule has 2 heterocycles. The highest BCUT2D eigenvalue weighted by molar-refractivity contribution is 5.85.